The van der Waals surface area contributed by atoms with Crippen LogP contribution in [0.2, 0.25) is 0 Å². The summed E-state index contributed by atoms with van der Waals surface area (Å²) in [4.78, 5) is 4.11. The molecule has 1 aliphatic carbocycles. The summed E-state index contributed by atoms with van der Waals surface area (Å²) >= 11 is 0. The summed E-state index contributed by atoms with van der Waals surface area (Å²) in [5.41, 5.74) is 5.91. The van der Waals surface area contributed by atoms with Crippen molar-refractivity contribution in [3.63, 3.8) is 0 Å². The third kappa shape index (κ3) is 3.59. The van der Waals surface area contributed by atoms with Crippen molar-refractivity contribution in [2.75, 3.05) is 0 Å². The van der Waals surface area contributed by atoms with Crippen LogP contribution < -0.4 is 10.5 Å². The van der Waals surface area contributed by atoms with E-state index in [0.717, 1.165) is 18.6 Å². The van der Waals surface area contributed by atoms with Crippen LogP contribution in [0, 0.1) is 11.8 Å². The quantitative estimate of drug-likeness (QED) is 0.380. The molecule has 5 nitrogen and oxygen atoms in total. The van der Waals surface area contributed by atoms with Gasteiger partial charge in [-0.1, -0.05) is 19.0 Å². The number of hydrogen-bond acceptors (Lipinski definition) is 4. The molecule has 2 unspecified atom stereocenters. The van der Waals surface area contributed by atoms with Gasteiger partial charge >= 0.3 is 0 Å². The predicted molar refractivity (Wildman–Crippen MR) is 73.3 cm³/mol. The van der Waals surface area contributed by atoms with Gasteiger partial charge in [-0.3, -0.25) is 0 Å². The summed E-state index contributed by atoms with van der Waals surface area (Å²) in [6.45, 7) is 4.54. The highest BCUT2D eigenvalue weighted by Crippen LogP contribution is 2.31. The second kappa shape index (κ2) is 5.91. The first-order valence-corrected chi connectivity index (χ1v) is 6.69. The summed E-state index contributed by atoms with van der Waals surface area (Å²) in [5.74, 6) is 2.16. The minimum atomic E-state index is 0.00598. The zero-order valence-electron chi connectivity index (χ0n) is 11.4. The van der Waals surface area contributed by atoms with E-state index in [0.29, 0.717) is 17.5 Å². The molecule has 0 radical (unpaired) electrons. The molecule has 0 aliphatic heterocycles. The van der Waals surface area contributed by atoms with Crippen molar-refractivity contribution in [3.05, 3.63) is 24.0 Å². The predicted octanol–water partition coefficient (Wildman–Crippen LogP) is 2.38. The van der Waals surface area contributed by atoms with Crippen LogP contribution in [-0.4, -0.2) is 22.1 Å². The van der Waals surface area contributed by atoms with Crippen molar-refractivity contribution in [1.82, 2.24) is 4.98 Å². The molecular weight excluding hydrogens is 242 g/mol. The Morgan fingerprint density at radius 1 is 1.32 bits per heavy atom. The first kappa shape index (κ1) is 13.6. The molecule has 2 rings (SSSR count). The maximum Gasteiger partial charge on any atom is 0.188 e. The molecule has 1 aliphatic rings. The zero-order chi connectivity index (χ0) is 13.8. The maximum atomic E-state index is 8.57. The van der Waals surface area contributed by atoms with Gasteiger partial charge in [0.1, 0.15) is 11.4 Å². The van der Waals surface area contributed by atoms with Crippen molar-refractivity contribution in [2.24, 2.45) is 22.7 Å². The van der Waals surface area contributed by atoms with Gasteiger partial charge in [-0.25, -0.2) is 4.98 Å². The standard InChI is InChI=1S/C14H21N3O2/c1-9-5-10(2)7-12(6-9)19-11-3-4-13(16-8-11)14(15)17-18/h3-4,8-10,12,18H,5-7H2,1-2H3,(H2,15,17). The van der Waals surface area contributed by atoms with Gasteiger partial charge in [0.15, 0.2) is 5.84 Å². The van der Waals surface area contributed by atoms with Crippen LogP contribution in [0.1, 0.15) is 38.8 Å². The lowest BCUT2D eigenvalue weighted by atomic mass is 9.82. The molecule has 19 heavy (non-hydrogen) atoms. The monoisotopic (exact) mass is 263 g/mol. The van der Waals surface area contributed by atoms with Gasteiger partial charge in [0, 0.05) is 0 Å². The van der Waals surface area contributed by atoms with Crippen LogP contribution in [0.15, 0.2) is 23.5 Å². The highest BCUT2D eigenvalue weighted by Gasteiger charge is 2.25. The number of aromatic nitrogens is 1. The maximum absolute atomic E-state index is 8.57. The second-order valence-corrected chi connectivity index (χ2v) is 5.52. The molecule has 0 aromatic carbocycles. The van der Waals surface area contributed by atoms with E-state index in [1.165, 1.54) is 6.42 Å². The molecular formula is C14H21N3O2. The average Bonchev–Trinajstić information content (AvgIpc) is 2.37. The van der Waals surface area contributed by atoms with Crippen molar-refractivity contribution in [3.8, 4) is 5.75 Å². The van der Waals surface area contributed by atoms with Crippen LogP contribution in [0.3, 0.4) is 0 Å². The van der Waals surface area contributed by atoms with Gasteiger partial charge in [0.05, 0.1) is 12.3 Å². The third-order valence-corrected chi connectivity index (χ3v) is 3.54. The van der Waals surface area contributed by atoms with Crippen molar-refractivity contribution in [1.29, 1.82) is 0 Å². The molecule has 5 heteroatoms. The van der Waals surface area contributed by atoms with E-state index in [1.54, 1.807) is 12.3 Å². The molecule has 1 heterocycles. The fourth-order valence-electron chi connectivity index (χ4n) is 2.81. The molecule has 0 saturated heterocycles. The molecule has 104 valence electrons. The van der Waals surface area contributed by atoms with Crippen LogP contribution >= 0.6 is 0 Å². The number of nitrogens with two attached hydrogens (primary N) is 1. The lowest BCUT2D eigenvalue weighted by Gasteiger charge is -2.31. The van der Waals surface area contributed by atoms with Gasteiger partial charge in [-0.15, -0.1) is 0 Å². The van der Waals surface area contributed by atoms with E-state index < -0.39 is 0 Å². The summed E-state index contributed by atoms with van der Waals surface area (Å²) in [5, 5.41) is 11.5. The van der Waals surface area contributed by atoms with E-state index in [2.05, 4.69) is 24.0 Å². The first-order valence-electron chi connectivity index (χ1n) is 6.69. The van der Waals surface area contributed by atoms with Crippen LogP contribution in [0.25, 0.3) is 0 Å². The molecule has 0 amide bonds. The number of rotatable bonds is 3. The molecule has 1 aromatic heterocycles. The lowest BCUT2D eigenvalue weighted by molar-refractivity contribution is 0.101. The summed E-state index contributed by atoms with van der Waals surface area (Å²) in [6.07, 6.45) is 5.34. The van der Waals surface area contributed by atoms with Gasteiger partial charge in [0.25, 0.3) is 0 Å². The number of amidine groups is 1. The Labute approximate surface area is 113 Å². The molecule has 1 saturated carbocycles. The van der Waals surface area contributed by atoms with E-state index in [-0.39, 0.29) is 11.9 Å². The van der Waals surface area contributed by atoms with Crippen LogP contribution in [0.4, 0.5) is 0 Å². The number of nitrogens with zero attached hydrogens (tertiary/aromatic N) is 2. The normalized spacial score (nSPS) is 28.1. The molecule has 0 spiro atoms. The van der Waals surface area contributed by atoms with Crippen molar-refractivity contribution >= 4 is 5.84 Å². The number of ether oxygens (including phenoxy) is 1. The molecule has 1 fully saturated rings. The largest absolute Gasteiger partial charge is 0.489 e. The molecule has 3 N–H and O–H groups in total. The third-order valence-electron chi connectivity index (χ3n) is 3.54. The number of hydrogen-bond donors (Lipinski definition) is 2. The summed E-state index contributed by atoms with van der Waals surface area (Å²) in [7, 11) is 0. The number of pyridine rings is 1. The van der Waals surface area contributed by atoms with E-state index in [1.807, 2.05) is 6.07 Å². The lowest BCUT2D eigenvalue weighted by Crippen LogP contribution is -2.28. The van der Waals surface area contributed by atoms with Gasteiger partial charge < -0.3 is 15.7 Å². The Bertz CT molecular complexity index is 435. The Balaban J connectivity index is 1.99. The van der Waals surface area contributed by atoms with Gasteiger partial charge in [-0.05, 0) is 43.2 Å². The fourth-order valence-corrected chi connectivity index (χ4v) is 2.81. The number of oxime groups is 1. The smallest absolute Gasteiger partial charge is 0.188 e. The van der Waals surface area contributed by atoms with E-state index in [9.17, 15) is 0 Å². The van der Waals surface area contributed by atoms with Crippen molar-refractivity contribution in [2.45, 2.75) is 39.2 Å². The van der Waals surface area contributed by atoms with Gasteiger partial charge in [-0.2, -0.15) is 0 Å². The Kier molecular flexibility index (Phi) is 4.24. The second-order valence-electron chi connectivity index (χ2n) is 5.52. The fraction of sp³-hybridized carbons (Fsp3) is 0.571. The summed E-state index contributed by atoms with van der Waals surface area (Å²) in [6, 6.07) is 3.50. The molecule has 2 atom stereocenters. The minimum Gasteiger partial charge on any atom is -0.489 e. The SMILES string of the molecule is CC1CC(C)CC(Oc2ccc(/C(N)=N/O)nc2)C1. The average molecular weight is 263 g/mol. The molecule has 0 bridgehead atoms. The highest BCUT2D eigenvalue weighted by atomic mass is 16.5. The van der Waals surface area contributed by atoms with E-state index >= 15 is 0 Å². The van der Waals surface area contributed by atoms with Gasteiger partial charge in [0.2, 0.25) is 0 Å². The van der Waals surface area contributed by atoms with E-state index in [4.69, 9.17) is 15.7 Å². The van der Waals surface area contributed by atoms with Crippen LogP contribution in [-0.2, 0) is 0 Å². The minimum absolute atomic E-state index is 0.00598. The summed E-state index contributed by atoms with van der Waals surface area (Å²) < 4.78 is 5.96. The zero-order valence-corrected chi connectivity index (χ0v) is 11.4. The molecule has 1 aromatic rings. The first-order chi connectivity index (χ1) is 9.08. The Morgan fingerprint density at radius 2 is 2.00 bits per heavy atom. The highest BCUT2D eigenvalue weighted by molar-refractivity contribution is 5.95. The Hall–Kier alpha value is -1.78. The topological polar surface area (TPSA) is 80.7 Å². The Morgan fingerprint density at radius 3 is 2.53 bits per heavy atom. The van der Waals surface area contributed by atoms with Crippen molar-refractivity contribution < 1.29 is 9.94 Å². The van der Waals surface area contributed by atoms with Crippen LogP contribution in [0.5, 0.6) is 5.75 Å².